The third-order valence-electron chi connectivity index (χ3n) is 4.59. The molecule has 0 bridgehead atoms. The van der Waals surface area contributed by atoms with Gasteiger partial charge in [0.05, 0.1) is 30.6 Å². The van der Waals surface area contributed by atoms with E-state index in [4.69, 9.17) is 4.74 Å². The monoisotopic (exact) mass is 336 g/mol. The predicted molar refractivity (Wildman–Crippen MR) is 94.4 cm³/mol. The van der Waals surface area contributed by atoms with E-state index in [-0.39, 0.29) is 11.4 Å². The highest BCUT2D eigenvalue weighted by Gasteiger charge is 2.36. The summed E-state index contributed by atoms with van der Waals surface area (Å²) in [5, 5.41) is 4.43. The predicted octanol–water partition coefficient (Wildman–Crippen LogP) is 2.65. The number of morpholine rings is 1. The van der Waals surface area contributed by atoms with E-state index >= 15 is 0 Å². The van der Waals surface area contributed by atoms with Crippen LogP contribution >= 0.6 is 0 Å². The lowest BCUT2D eigenvalue weighted by molar-refractivity contribution is -0.0369. The molecule has 1 fully saturated rings. The van der Waals surface area contributed by atoms with Crippen LogP contribution in [0.4, 0.5) is 0 Å². The van der Waals surface area contributed by atoms with Crippen LogP contribution < -0.4 is 0 Å². The normalized spacial score (nSPS) is 17.0. The number of nitrogens with zero attached hydrogens (tertiary/aromatic N) is 4. The van der Waals surface area contributed by atoms with Crippen LogP contribution in [0, 0.1) is 0 Å². The Morgan fingerprint density at radius 1 is 1.20 bits per heavy atom. The van der Waals surface area contributed by atoms with Crippen molar-refractivity contribution >= 4 is 11.6 Å². The van der Waals surface area contributed by atoms with Crippen molar-refractivity contribution in [2.45, 2.75) is 19.4 Å². The number of hydrogen-bond donors (Lipinski definition) is 0. The summed E-state index contributed by atoms with van der Waals surface area (Å²) < 4.78 is 7.25. The number of aromatic nitrogens is 3. The SMILES string of the molecule is CC1(C)COCCN1C(=O)c1cnn2c(-c3ccccc3)ccnc12. The Bertz CT molecular complexity index is 918. The van der Waals surface area contributed by atoms with Gasteiger partial charge in [0, 0.05) is 18.3 Å². The van der Waals surface area contributed by atoms with Crippen LogP contribution in [-0.2, 0) is 4.74 Å². The molecule has 1 aromatic carbocycles. The lowest BCUT2D eigenvalue weighted by Crippen LogP contribution is -2.55. The molecule has 0 spiro atoms. The fraction of sp³-hybridized carbons (Fsp3) is 0.316. The molecule has 128 valence electrons. The van der Waals surface area contributed by atoms with Crippen LogP contribution in [0.3, 0.4) is 0 Å². The summed E-state index contributed by atoms with van der Waals surface area (Å²) in [4.78, 5) is 19.4. The average Bonchev–Trinajstić information content (AvgIpc) is 3.05. The Morgan fingerprint density at radius 2 is 2.00 bits per heavy atom. The van der Waals surface area contributed by atoms with E-state index in [2.05, 4.69) is 10.1 Å². The summed E-state index contributed by atoms with van der Waals surface area (Å²) in [6.07, 6.45) is 3.34. The van der Waals surface area contributed by atoms with Crippen molar-refractivity contribution in [3.05, 3.63) is 54.4 Å². The van der Waals surface area contributed by atoms with E-state index in [1.54, 1.807) is 16.9 Å². The van der Waals surface area contributed by atoms with E-state index in [9.17, 15) is 4.79 Å². The quantitative estimate of drug-likeness (QED) is 0.722. The molecule has 1 amide bonds. The largest absolute Gasteiger partial charge is 0.377 e. The van der Waals surface area contributed by atoms with Crippen molar-refractivity contribution in [2.75, 3.05) is 19.8 Å². The van der Waals surface area contributed by atoms with E-state index in [1.165, 1.54) is 0 Å². The first-order valence-corrected chi connectivity index (χ1v) is 8.36. The third-order valence-corrected chi connectivity index (χ3v) is 4.59. The molecule has 1 aliphatic rings. The van der Waals surface area contributed by atoms with Gasteiger partial charge in [-0.25, -0.2) is 9.50 Å². The van der Waals surface area contributed by atoms with Crippen LogP contribution in [0.25, 0.3) is 16.9 Å². The molecule has 0 saturated carbocycles. The highest BCUT2D eigenvalue weighted by atomic mass is 16.5. The summed E-state index contributed by atoms with van der Waals surface area (Å²) in [5.74, 6) is -0.0546. The summed E-state index contributed by atoms with van der Waals surface area (Å²) >= 11 is 0. The molecule has 25 heavy (non-hydrogen) atoms. The number of carbonyl (C=O) groups excluding carboxylic acids is 1. The van der Waals surface area contributed by atoms with Crippen molar-refractivity contribution in [2.24, 2.45) is 0 Å². The molecular formula is C19H20N4O2. The van der Waals surface area contributed by atoms with Gasteiger partial charge in [-0.05, 0) is 19.9 Å². The Morgan fingerprint density at radius 3 is 2.76 bits per heavy atom. The highest BCUT2D eigenvalue weighted by molar-refractivity contribution is 6.00. The van der Waals surface area contributed by atoms with Crippen LogP contribution in [0.2, 0.25) is 0 Å². The first-order valence-electron chi connectivity index (χ1n) is 8.36. The number of carbonyl (C=O) groups is 1. The van der Waals surface area contributed by atoms with Crippen molar-refractivity contribution in [1.29, 1.82) is 0 Å². The molecule has 1 saturated heterocycles. The first-order chi connectivity index (χ1) is 12.1. The minimum absolute atomic E-state index is 0.0546. The molecule has 0 atom stereocenters. The Labute approximate surface area is 146 Å². The number of benzene rings is 1. The maximum Gasteiger partial charge on any atom is 0.259 e. The van der Waals surface area contributed by atoms with Crippen LogP contribution in [0.15, 0.2) is 48.8 Å². The zero-order chi connectivity index (χ0) is 17.4. The van der Waals surface area contributed by atoms with Gasteiger partial charge >= 0.3 is 0 Å². The minimum Gasteiger partial charge on any atom is -0.377 e. The topological polar surface area (TPSA) is 59.7 Å². The lowest BCUT2D eigenvalue weighted by atomic mass is 10.0. The second-order valence-corrected chi connectivity index (χ2v) is 6.81. The molecule has 0 unspecified atom stereocenters. The second kappa shape index (κ2) is 5.97. The van der Waals surface area contributed by atoms with E-state index in [0.29, 0.717) is 31.0 Å². The summed E-state index contributed by atoms with van der Waals surface area (Å²) in [5.41, 5.74) is 2.69. The van der Waals surface area contributed by atoms with Crippen LogP contribution in [-0.4, -0.2) is 50.7 Å². The van der Waals surface area contributed by atoms with E-state index in [1.807, 2.05) is 55.1 Å². The molecule has 0 radical (unpaired) electrons. The fourth-order valence-electron chi connectivity index (χ4n) is 3.25. The highest BCUT2D eigenvalue weighted by Crippen LogP contribution is 2.25. The van der Waals surface area contributed by atoms with Gasteiger partial charge in [0.1, 0.15) is 5.56 Å². The van der Waals surface area contributed by atoms with Gasteiger partial charge in [0.2, 0.25) is 0 Å². The molecular weight excluding hydrogens is 316 g/mol. The van der Waals surface area contributed by atoms with Crippen LogP contribution in [0.5, 0.6) is 0 Å². The standard InChI is InChI=1S/C19H20N4O2/c1-19(2)13-25-11-10-22(19)18(24)15-12-21-23-16(8-9-20-17(15)23)14-6-4-3-5-7-14/h3-9,12H,10-11,13H2,1-2H3. The Balaban J connectivity index is 1.78. The zero-order valence-electron chi connectivity index (χ0n) is 14.3. The molecule has 2 aromatic heterocycles. The van der Waals surface area contributed by atoms with Gasteiger partial charge in [0.25, 0.3) is 5.91 Å². The van der Waals surface area contributed by atoms with E-state index in [0.717, 1.165) is 11.3 Å². The third kappa shape index (κ3) is 2.68. The molecule has 0 N–H and O–H groups in total. The fourth-order valence-corrected chi connectivity index (χ4v) is 3.25. The maximum absolute atomic E-state index is 13.1. The second-order valence-electron chi connectivity index (χ2n) is 6.81. The molecule has 3 aromatic rings. The smallest absolute Gasteiger partial charge is 0.259 e. The van der Waals surface area contributed by atoms with Crippen molar-refractivity contribution < 1.29 is 9.53 Å². The first kappa shape index (κ1) is 15.8. The van der Waals surface area contributed by atoms with Gasteiger partial charge in [-0.15, -0.1) is 0 Å². The molecule has 0 aliphatic carbocycles. The maximum atomic E-state index is 13.1. The van der Waals surface area contributed by atoms with Crippen molar-refractivity contribution in [3.8, 4) is 11.3 Å². The summed E-state index contributed by atoms with van der Waals surface area (Å²) in [6, 6.07) is 11.9. The Hall–Kier alpha value is -2.73. The molecule has 6 nitrogen and oxygen atoms in total. The van der Waals surface area contributed by atoms with Gasteiger partial charge in [-0.1, -0.05) is 30.3 Å². The number of ether oxygens (including phenoxy) is 1. The van der Waals surface area contributed by atoms with Gasteiger partial charge in [-0.3, -0.25) is 4.79 Å². The summed E-state index contributed by atoms with van der Waals surface area (Å²) in [7, 11) is 0. The van der Waals surface area contributed by atoms with E-state index < -0.39 is 0 Å². The molecule has 4 rings (SSSR count). The zero-order valence-corrected chi connectivity index (χ0v) is 14.3. The number of rotatable bonds is 2. The van der Waals surface area contributed by atoms with Crippen molar-refractivity contribution in [3.63, 3.8) is 0 Å². The lowest BCUT2D eigenvalue weighted by Gasteiger charge is -2.41. The number of amides is 1. The van der Waals surface area contributed by atoms with Gasteiger partial charge in [-0.2, -0.15) is 5.10 Å². The van der Waals surface area contributed by atoms with Gasteiger partial charge in [0.15, 0.2) is 5.65 Å². The van der Waals surface area contributed by atoms with Crippen molar-refractivity contribution in [1.82, 2.24) is 19.5 Å². The molecule has 1 aliphatic heterocycles. The van der Waals surface area contributed by atoms with Crippen LogP contribution in [0.1, 0.15) is 24.2 Å². The summed E-state index contributed by atoms with van der Waals surface area (Å²) in [6.45, 7) is 5.68. The molecule has 3 heterocycles. The number of fused-ring (bicyclic) bond motifs is 1. The minimum atomic E-state index is -0.347. The molecule has 6 heteroatoms. The Kier molecular flexibility index (Phi) is 3.77. The van der Waals surface area contributed by atoms with Gasteiger partial charge < -0.3 is 9.64 Å². The average molecular weight is 336 g/mol. The number of hydrogen-bond acceptors (Lipinski definition) is 4.